The van der Waals surface area contributed by atoms with Crippen molar-refractivity contribution in [2.75, 3.05) is 25.0 Å². The Labute approximate surface area is 194 Å². The van der Waals surface area contributed by atoms with E-state index in [1.54, 1.807) is 19.2 Å². The molecule has 176 valence electrons. The zero-order chi connectivity index (χ0) is 23.4. The van der Waals surface area contributed by atoms with E-state index < -0.39 is 12.0 Å². The number of nitrogens with two attached hydrogens (primary N) is 1. The van der Waals surface area contributed by atoms with Gasteiger partial charge in [0.05, 0.1) is 6.10 Å². The standard InChI is InChI=1S/C25H33N5O3/c1-16(31)30-10-7-19(8-11-30)29-25-23(22(24(26)33)6-9-27-25)14-21(32)15-28-20-12-17-4-2-3-5-18(17)13-20/h2-6,9,19-21,28,32H,7-8,10-15H2,1H3,(H2,26,33)(H,27,29)/t21-/m0/s1. The molecule has 2 aromatic rings. The molecular weight excluding hydrogens is 418 g/mol. The van der Waals surface area contributed by atoms with Gasteiger partial charge in [-0.25, -0.2) is 4.98 Å². The van der Waals surface area contributed by atoms with Crippen LogP contribution in [-0.2, 0) is 24.1 Å². The van der Waals surface area contributed by atoms with Gasteiger partial charge in [-0.1, -0.05) is 24.3 Å². The van der Waals surface area contributed by atoms with Gasteiger partial charge in [0.15, 0.2) is 0 Å². The topological polar surface area (TPSA) is 121 Å². The number of fused-ring (bicyclic) bond motifs is 1. The molecule has 8 nitrogen and oxygen atoms in total. The van der Waals surface area contributed by atoms with Gasteiger partial charge in [0.25, 0.3) is 0 Å². The summed E-state index contributed by atoms with van der Waals surface area (Å²) in [4.78, 5) is 30.0. The monoisotopic (exact) mass is 451 g/mol. The van der Waals surface area contributed by atoms with E-state index >= 15 is 0 Å². The summed E-state index contributed by atoms with van der Waals surface area (Å²) in [6, 6.07) is 10.5. The van der Waals surface area contributed by atoms with Crippen LogP contribution in [0.5, 0.6) is 0 Å². The fraction of sp³-hybridized carbons (Fsp3) is 0.480. The average molecular weight is 452 g/mol. The van der Waals surface area contributed by atoms with Crippen molar-refractivity contribution >= 4 is 17.6 Å². The highest BCUT2D eigenvalue weighted by Gasteiger charge is 2.25. The van der Waals surface area contributed by atoms with Crippen LogP contribution in [-0.4, -0.2) is 64.6 Å². The Bertz CT molecular complexity index is 978. The summed E-state index contributed by atoms with van der Waals surface area (Å²) in [7, 11) is 0. The predicted molar refractivity (Wildman–Crippen MR) is 127 cm³/mol. The Balaban J connectivity index is 1.38. The molecule has 1 aliphatic heterocycles. The minimum absolute atomic E-state index is 0.0870. The van der Waals surface area contributed by atoms with Gasteiger partial charge in [-0.2, -0.15) is 0 Å². The van der Waals surface area contributed by atoms with E-state index in [9.17, 15) is 14.7 Å². The van der Waals surface area contributed by atoms with Gasteiger partial charge in [0.1, 0.15) is 5.82 Å². The molecule has 33 heavy (non-hydrogen) atoms. The van der Waals surface area contributed by atoms with Gasteiger partial charge < -0.3 is 26.4 Å². The highest BCUT2D eigenvalue weighted by molar-refractivity contribution is 5.95. The van der Waals surface area contributed by atoms with Crippen LogP contribution in [0.3, 0.4) is 0 Å². The van der Waals surface area contributed by atoms with Crippen LogP contribution in [0.25, 0.3) is 0 Å². The number of benzene rings is 1. The number of anilines is 1. The van der Waals surface area contributed by atoms with Gasteiger partial charge in [-0.15, -0.1) is 0 Å². The van der Waals surface area contributed by atoms with Crippen molar-refractivity contribution < 1.29 is 14.7 Å². The first-order valence-corrected chi connectivity index (χ1v) is 11.7. The molecule has 1 fully saturated rings. The first kappa shape index (κ1) is 23.2. The molecule has 1 aliphatic carbocycles. The summed E-state index contributed by atoms with van der Waals surface area (Å²) in [5.74, 6) is 0.136. The maximum atomic E-state index is 12.1. The quantitative estimate of drug-likeness (QED) is 0.480. The molecule has 0 spiro atoms. The third-order valence-electron chi connectivity index (χ3n) is 6.74. The molecule has 0 radical (unpaired) electrons. The molecule has 0 saturated carbocycles. The molecular formula is C25H33N5O3. The van der Waals surface area contributed by atoms with Crippen LogP contribution >= 0.6 is 0 Å². The fourth-order valence-corrected chi connectivity index (χ4v) is 4.90. The maximum absolute atomic E-state index is 12.1. The van der Waals surface area contributed by atoms with E-state index in [0.717, 1.165) is 25.7 Å². The van der Waals surface area contributed by atoms with Crippen molar-refractivity contribution in [1.82, 2.24) is 15.2 Å². The van der Waals surface area contributed by atoms with E-state index in [2.05, 4.69) is 39.9 Å². The van der Waals surface area contributed by atoms with E-state index in [1.807, 2.05) is 4.90 Å². The van der Waals surface area contributed by atoms with E-state index in [1.165, 1.54) is 11.1 Å². The molecule has 2 aliphatic rings. The summed E-state index contributed by atoms with van der Waals surface area (Å²) in [5.41, 5.74) is 9.36. The number of aliphatic hydroxyl groups is 1. The second-order valence-corrected chi connectivity index (χ2v) is 9.11. The van der Waals surface area contributed by atoms with Crippen molar-refractivity contribution in [2.24, 2.45) is 5.73 Å². The van der Waals surface area contributed by atoms with E-state index in [0.29, 0.717) is 42.6 Å². The Hall–Kier alpha value is -2.97. The van der Waals surface area contributed by atoms with E-state index in [4.69, 9.17) is 5.73 Å². The lowest BCUT2D eigenvalue weighted by Crippen LogP contribution is -2.41. The molecule has 1 atom stereocenters. The number of carbonyl (C=O) groups excluding carboxylic acids is 2. The van der Waals surface area contributed by atoms with Crippen LogP contribution in [0.2, 0.25) is 0 Å². The lowest BCUT2D eigenvalue weighted by Gasteiger charge is -2.32. The highest BCUT2D eigenvalue weighted by atomic mass is 16.3. The van der Waals surface area contributed by atoms with Crippen molar-refractivity contribution in [1.29, 1.82) is 0 Å². The lowest BCUT2D eigenvalue weighted by molar-refractivity contribution is -0.129. The summed E-state index contributed by atoms with van der Waals surface area (Å²) >= 11 is 0. The third kappa shape index (κ3) is 5.69. The normalized spacial score (nSPS) is 17.6. The number of piperidine rings is 1. The first-order chi connectivity index (χ1) is 15.9. The molecule has 1 saturated heterocycles. The Morgan fingerprint density at radius 1 is 1.15 bits per heavy atom. The second-order valence-electron chi connectivity index (χ2n) is 9.11. The molecule has 1 aromatic heterocycles. The van der Waals surface area contributed by atoms with Gasteiger partial charge in [0.2, 0.25) is 11.8 Å². The Morgan fingerprint density at radius 3 is 2.42 bits per heavy atom. The SMILES string of the molecule is CC(=O)N1CCC(Nc2nccc(C(N)=O)c2C[C@H](O)CNC2Cc3ccccc3C2)CC1. The predicted octanol–water partition coefficient (Wildman–Crippen LogP) is 1.26. The smallest absolute Gasteiger partial charge is 0.249 e. The molecule has 0 unspecified atom stereocenters. The average Bonchev–Trinajstić information content (AvgIpc) is 3.22. The zero-order valence-corrected chi connectivity index (χ0v) is 19.1. The van der Waals surface area contributed by atoms with Crippen LogP contribution < -0.4 is 16.4 Å². The fourth-order valence-electron chi connectivity index (χ4n) is 4.90. The lowest BCUT2D eigenvalue weighted by atomic mass is 10.00. The molecule has 2 heterocycles. The van der Waals surface area contributed by atoms with Crippen molar-refractivity contribution in [3.05, 3.63) is 58.8 Å². The maximum Gasteiger partial charge on any atom is 0.249 e. The van der Waals surface area contributed by atoms with Gasteiger partial charge in [-0.3, -0.25) is 9.59 Å². The number of primary amides is 1. The Kier molecular flexibility index (Phi) is 7.25. The van der Waals surface area contributed by atoms with Crippen LogP contribution in [0, 0.1) is 0 Å². The zero-order valence-electron chi connectivity index (χ0n) is 19.1. The van der Waals surface area contributed by atoms with Gasteiger partial charge in [-0.05, 0) is 42.9 Å². The number of aliphatic hydroxyl groups excluding tert-OH is 1. The summed E-state index contributed by atoms with van der Waals surface area (Å²) in [6.45, 7) is 3.38. The van der Waals surface area contributed by atoms with Crippen LogP contribution in [0.15, 0.2) is 36.5 Å². The highest BCUT2D eigenvalue weighted by Crippen LogP contribution is 2.24. The number of carbonyl (C=O) groups is 2. The van der Waals surface area contributed by atoms with Gasteiger partial charge >= 0.3 is 0 Å². The van der Waals surface area contributed by atoms with Crippen LogP contribution in [0.1, 0.15) is 46.8 Å². The third-order valence-corrected chi connectivity index (χ3v) is 6.74. The largest absolute Gasteiger partial charge is 0.391 e. The second kappa shape index (κ2) is 10.3. The van der Waals surface area contributed by atoms with Gasteiger partial charge in [0, 0.05) is 62.4 Å². The summed E-state index contributed by atoms with van der Waals surface area (Å²) in [6.07, 6.45) is 4.66. The van der Waals surface area contributed by atoms with Crippen molar-refractivity contribution in [3.63, 3.8) is 0 Å². The molecule has 5 N–H and O–H groups in total. The molecule has 4 rings (SSSR count). The number of nitrogens with zero attached hydrogens (tertiary/aromatic N) is 2. The molecule has 0 bridgehead atoms. The molecule has 8 heteroatoms. The minimum Gasteiger partial charge on any atom is -0.391 e. The summed E-state index contributed by atoms with van der Waals surface area (Å²) in [5, 5.41) is 17.7. The van der Waals surface area contributed by atoms with Crippen molar-refractivity contribution in [3.8, 4) is 0 Å². The minimum atomic E-state index is -0.684. The Morgan fingerprint density at radius 2 is 1.82 bits per heavy atom. The number of hydrogen-bond donors (Lipinski definition) is 4. The number of amides is 2. The van der Waals surface area contributed by atoms with E-state index in [-0.39, 0.29) is 18.4 Å². The number of nitrogens with one attached hydrogen (secondary N) is 2. The number of likely N-dealkylation sites (tertiary alicyclic amines) is 1. The number of rotatable bonds is 8. The number of hydrogen-bond acceptors (Lipinski definition) is 6. The summed E-state index contributed by atoms with van der Waals surface area (Å²) < 4.78 is 0. The molecule has 2 amide bonds. The van der Waals surface area contributed by atoms with Crippen molar-refractivity contribution in [2.45, 2.75) is 57.2 Å². The molecule has 1 aromatic carbocycles. The first-order valence-electron chi connectivity index (χ1n) is 11.7. The van der Waals surface area contributed by atoms with Crippen LogP contribution in [0.4, 0.5) is 5.82 Å². The number of aromatic nitrogens is 1. The number of pyridine rings is 1.